The SMILES string of the molecule is Brc1ccc(P(c2ccc(Br)s2)c2ccc(Br)s2)s1. The van der Waals surface area contributed by atoms with Gasteiger partial charge in [0.05, 0.1) is 11.4 Å². The molecule has 0 nitrogen and oxygen atoms in total. The fraction of sp³-hybridized carbons (Fsp3) is 0. The lowest BCUT2D eigenvalue weighted by Crippen LogP contribution is -2.13. The first-order valence-corrected chi connectivity index (χ1v) is 11.4. The molecular formula is C12H6Br3PS3. The summed E-state index contributed by atoms with van der Waals surface area (Å²) in [5, 5.41) is 0. The van der Waals surface area contributed by atoms with E-state index in [9.17, 15) is 0 Å². The van der Waals surface area contributed by atoms with Gasteiger partial charge in [-0.1, -0.05) is 0 Å². The highest BCUT2D eigenvalue weighted by molar-refractivity contribution is 9.11. The Labute approximate surface area is 150 Å². The van der Waals surface area contributed by atoms with E-state index in [4.69, 9.17) is 0 Å². The number of hydrogen-bond acceptors (Lipinski definition) is 3. The van der Waals surface area contributed by atoms with Crippen LogP contribution in [-0.4, -0.2) is 0 Å². The molecule has 0 unspecified atom stereocenters. The molecule has 0 aliphatic rings. The van der Waals surface area contributed by atoms with E-state index in [1.54, 1.807) is 0 Å². The zero-order chi connectivity index (χ0) is 13.4. The van der Waals surface area contributed by atoms with Gasteiger partial charge in [0.25, 0.3) is 0 Å². The molecule has 7 heteroatoms. The van der Waals surface area contributed by atoms with Crippen molar-refractivity contribution in [1.29, 1.82) is 0 Å². The van der Waals surface area contributed by atoms with Gasteiger partial charge in [0, 0.05) is 21.8 Å². The average Bonchev–Trinajstić information content (AvgIpc) is 3.05. The lowest BCUT2D eigenvalue weighted by molar-refractivity contribution is 1.98. The van der Waals surface area contributed by atoms with Crippen molar-refractivity contribution in [1.82, 2.24) is 0 Å². The Bertz CT molecular complexity index is 605. The van der Waals surface area contributed by atoms with Gasteiger partial charge < -0.3 is 0 Å². The lowest BCUT2D eigenvalue weighted by Gasteiger charge is -2.11. The van der Waals surface area contributed by atoms with Crippen molar-refractivity contribution in [2.45, 2.75) is 0 Å². The second-order valence-electron chi connectivity index (χ2n) is 3.57. The highest BCUT2D eigenvalue weighted by Crippen LogP contribution is 2.42. The first kappa shape index (κ1) is 14.9. The second-order valence-corrected chi connectivity index (χ2v) is 14.0. The third kappa shape index (κ3) is 3.42. The summed E-state index contributed by atoms with van der Waals surface area (Å²) >= 11 is 16.2. The Hall–Kier alpha value is 0.970. The molecule has 0 N–H and O–H groups in total. The van der Waals surface area contributed by atoms with Crippen molar-refractivity contribution in [2.75, 3.05) is 0 Å². The van der Waals surface area contributed by atoms with Gasteiger partial charge in [0.1, 0.15) is 0 Å². The van der Waals surface area contributed by atoms with E-state index in [2.05, 4.69) is 84.2 Å². The third-order valence-electron chi connectivity index (χ3n) is 2.34. The van der Waals surface area contributed by atoms with Crippen LogP contribution in [0.3, 0.4) is 0 Å². The molecule has 0 spiro atoms. The van der Waals surface area contributed by atoms with E-state index in [1.807, 2.05) is 34.0 Å². The molecule has 0 aliphatic heterocycles. The van der Waals surface area contributed by atoms with E-state index in [1.165, 1.54) is 25.2 Å². The highest BCUT2D eigenvalue weighted by Gasteiger charge is 2.21. The molecule has 0 saturated heterocycles. The zero-order valence-electron chi connectivity index (χ0n) is 9.27. The van der Waals surface area contributed by atoms with Gasteiger partial charge in [-0.2, -0.15) is 0 Å². The average molecular weight is 517 g/mol. The minimum Gasteiger partial charge on any atom is -0.128 e. The topological polar surface area (TPSA) is 0 Å². The third-order valence-corrected chi connectivity index (χ3v) is 10.9. The molecule has 3 aromatic rings. The molecule has 0 fully saturated rings. The molecular weight excluding hydrogens is 511 g/mol. The molecule has 0 amide bonds. The Morgan fingerprint density at radius 2 is 0.895 bits per heavy atom. The minimum absolute atomic E-state index is 0.418. The van der Waals surface area contributed by atoms with Crippen molar-refractivity contribution in [2.24, 2.45) is 0 Å². The van der Waals surface area contributed by atoms with E-state index in [-0.39, 0.29) is 0 Å². The normalized spacial score (nSPS) is 11.4. The van der Waals surface area contributed by atoms with Crippen LogP contribution in [0, 0.1) is 0 Å². The Morgan fingerprint density at radius 3 is 1.11 bits per heavy atom. The Kier molecular flexibility index (Phi) is 5.00. The monoisotopic (exact) mass is 514 g/mol. The molecule has 0 aromatic carbocycles. The Balaban J connectivity index is 2.10. The first-order chi connectivity index (χ1) is 9.13. The van der Waals surface area contributed by atoms with Crippen molar-refractivity contribution in [3.8, 4) is 0 Å². The van der Waals surface area contributed by atoms with Gasteiger partial charge in [0.15, 0.2) is 0 Å². The van der Waals surface area contributed by atoms with Gasteiger partial charge in [0.2, 0.25) is 0 Å². The summed E-state index contributed by atoms with van der Waals surface area (Å²) in [6, 6.07) is 13.1. The number of hydrogen-bond donors (Lipinski definition) is 0. The van der Waals surface area contributed by atoms with Crippen LogP contribution in [0.15, 0.2) is 47.8 Å². The fourth-order valence-electron chi connectivity index (χ4n) is 1.60. The summed E-state index contributed by atoms with van der Waals surface area (Å²) < 4.78 is 7.89. The van der Waals surface area contributed by atoms with Crippen LogP contribution in [0.2, 0.25) is 0 Å². The molecule has 3 heterocycles. The number of thiophene rings is 3. The van der Waals surface area contributed by atoms with Gasteiger partial charge in [-0.25, -0.2) is 0 Å². The van der Waals surface area contributed by atoms with Gasteiger partial charge in [-0.05, 0) is 84.2 Å². The van der Waals surface area contributed by atoms with E-state index >= 15 is 0 Å². The van der Waals surface area contributed by atoms with E-state index in [0.717, 1.165) is 0 Å². The quantitative estimate of drug-likeness (QED) is 0.379. The molecule has 0 radical (unpaired) electrons. The van der Waals surface area contributed by atoms with Crippen LogP contribution in [0.25, 0.3) is 0 Å². The lowest BCUT2D eigenvalue weighted by atomic mass is 10.7. The van der Waals surface area contributed by atoms with Crippen LogP contribution in [0.5, 0.6) is 0 Å². The van der Waals surface area contributed by atoms with Gasteiger partial charge in [-0.15, -0.1) is 34.0 Å². The Morgan fingerprint density at radius 1 is 0.579 bits per heavy atom. The predicted octanol–water partition coefficient (Wildman–Crippen LogP) is 5.92. The summed E-state index contributed by atoms with van der Waals surface area (Å²) in [5.74, 6) is 0. The van der Waals surface area contributed by atoms with Crippen molar-refractivity contribution < 1.29 is 0 Å². The molecule has 3 aromatic heterocycles. The molecule has 3 rings (SSSR count). The maximum atomic E-state index is 3.57. The maximum Gasteiger partial charge on any atom is 0.0705 e. The molecule has 0 saturated carbocycles. The summed E-state index contributed by atoms with van der Waals surface area (Å²) in [7, 11) is -0.418. The summed E-state index contributed by atoms with van der Waals surface area (Å²) in [6.45, 7) is 0. The molecule has 19 heavy (non-hydrogen) atoms. The van der Waals surface area contributed by atoms with Crippen molar-refractivity contribution >= 4 is 104 Å². The summed E-state index contributed by atoms with van der Waals surface area (Å²) in [6.07, 6.45) is 0. The van der Waals surface area contributed by atoms with Crippen LogP contribution >= 0.6 is 89.7 Å². The van der Waals surface area contributed by atoms with E-state index < -0.39 is 7.92 Å². The fourth-order valence-corrected chi connectivity index (χ4v) is 11.7. The summed E-state index contributed by atoms with van der Waals surface area (Å²) in [5.41, 5.74) is 0. The largest absolute Gasteiger partial charge is 0.128 e. The smallest absolute Gasteiger partial charge is 0.0705 e. The van der Waals surface area contributed by atoms with E-state index in [0.29, 0.717) is 0 Å². The van der Waals surface area contributed by atoms with Crippen LogP contribution in [-0.2, 0) is 0 Å². The predicted molar refractivity (Wildman–Crippen MR) is 102 cm³/mol. The summed E-state index contributed by atoms with van der Waals surface area (Å²) in [4.78, 5) is 0. The molecule has 0 bridgehead atoms. The minimum atomic E-state index is -0.418. The van der Waals surface area contributed by atoms with Crippen molar-refractivity contribution in [3.63, 3.8) is 0 Å². The van der Waals surface area contributed by atoms with Crippen LogP contribution < -0.4 is 13.9 Å². The molecule has 0 atom stereocenters. The first-order valence-electron chi connectivity index (χ1n) is 5.19. The molecule has 98 valence electrons. The maximum absolute atomic E-state index is 3.57. The second kappa shape index (κ2) is 6.39. The van der Waals surface area contributed by atoms with Crippen LogP contribution in [0.4, 0.5) is 0 Å². The van der Waals surface area contributed by atoms with Crippen LogP contribution in [0.1, 0.15) is 0 Å². The standard InChI is InChI=1S/C12H6Br3PS3/c13-7-1-4-10(17-7)16(11-5-2-8(14)18-11)12-6-3-9(15)19-12/h1-6H. The molecule has 0 aliphatic carbocycles. The zero-order valence-corrected chi connectivity index (χ0v) is 17.4. The number of rotatable bonds is 3. The highest BCUT2D eigenvalue weighted by atomic mass is 79.9. The number of halogens is 3. The van der Waals surface area contributed by atoms with Crippen molar-refractivity contribution in [3.05, 3.63) is 47.8 Å². The van der Waals surface area contributed by atoms with Gasteiger partial charge >= 0.3 is 0 Å². The van der Waals surface area contributed by atoms with Gasteiger partial charge in [-0.3, -0.25) is 0 Å².